The van der Waals surface area contributed by atoms with Crippen molar-refractivity contribution in [2.75, 3.05) is 13.1 Å². The van der Waals surface area contributed by atoms with Crippen molar-refractivity contribution in [3.8, 4) is 6.07 Å². The lowest BCUT2D eigenvalue weighted by atomic mass is 10.2. The zero-order valence-corrected chi connectivity index (χ0v) is 11.2. The fourth-order valence-corrected chi connectivity index (χ4v) is 5.04. The molecule has 2 saturated heterocycles. The monoisotopic (exact) mass is 277 g/mol. The lowest BCUT2D eigenvalue weighted by molar-refractivity contribution is 0.263. The third-order valence-corrected chi connectivity index (χ3v) is 5.94. The number of rotatable bonds is 2. The van der Waals surface area contributed by atoms with Gasteiger partial charge in [0.15, 0.2) is 0 Å². The van der Waals surface area contributed by atoms with E-state index in [1.54, 1.807) is 22.5 Å². The molecule has 5 nitrogen and oxygen atoms in total. The number of fused-ring (bicyclic) bond motifs is 2. The van der Waals surface area contributed by atoms with Gasteiger partial charge in [0, 0.05) is 25.2 Å². The summed E-state index contributed by atoms with van der Waals surface area (Å²) in [7, 11) is -3.57. The van der Waals surface area contributed by atoms with E-state index >= 15 is 0 Å². The molecule has 0 amide bonds. The lowest BCUT2D eigenvalue weighted by Gasteiger charge is -2.34. The Morgan fingerprint density at radius 2 is 1.84 bits per heavy atom. The van der Waals surface area contributed by atoms with Gasteiger partial charge in [-0.25, -0.2) is 8.42 Å². The molecule has 0 radical (unpaired) electrons. The van der Waals surface area contributed by atoms with Crippen LogP contribution >= 0.6 is 0 Å². The Morgan fingerprint density at radius 3 is 2.47 bits per heavy atom. The maximum Gasteiger partial charge on any atom is 0.244 e. The molecule has 0 aromatic heterocycles. The van der Waals surface area contributed by atoms with Gasteiger partial charge in [0.2, 0.25) is 10.0 Å². The van der Waals surface area contributed by atoms with E-state index in [1.165, 1.54) is 6.07 Å². The predicted octanol–water partition coefficient (Wildman–Crippen LogP) is 0.683. The number of sulfonamides is 1. The number of nitrogens with zero attached hydrogens (tertiary/aromatic N) is 2. The summed E-state index contributed by atoms with van der Waals surface area (Å²) in [5, 5.41) is 12.3. The normalized spacial score (nSPS) is 27.1. The van der Waals surface area contributed by atoms with Crippen molar-refractivity contribution in [1.82, 2.24) is 9.62 Å². The highest BCUT2D eigenvalue weighted by Gasteiger charge is 2.44. The molecule has 6 heteroatoms. The van der Waals surface area contributed by atoms with Gasteiger partial charge in [0.1, 0.15) is 6.07 Å². The lowest BCUT2D eigenvalue weighted by Crippen LogP contribution is -2.54. The van der Waals surface area contributed by atoms with Crippen LogP contribution in [0.4, 0.5) is 0 Å². The van der Waals surface area contributed by atoms with Crippen LogP contribution in [-0.2, 0) is 10.0 Å². The molecule has 2 fully saturated rings. The first-order chi connectivity index (χ1) is 9.14. The van der Waals surface area contributed by atoms with Crippen molar-refractivity contribution < 1.29 is 8.42 Å². The molecular weight excluding hydrogens is 262 g/mol. The zero-order valence-electron chi connectivity index (χ0n) is 10.4. The standard InChI is InChI=1S/C13H15N3O2S/c14-7-10-3-1-2-4-13(10)19(17,18)16-11-5-6-12(16)9-15-8-11/h1-4,11-12,15H,5-6,8-9H2. The van der Waals surface area contributed by atoms with E-state index in [1.807, 2.05) is 6.07 Å². The van der Waals surface area contributed by atoms with Crippen molar-refractivity contribution >= 4 is 10.0 Å². The topological polar surface area (TPSA) is 73.2 Å². The van der Waals surface area contributed by atoms with Crippen molar-refractivity contribution in [2.24, 2.45) is 0 Å². The summed E-state index contributed by atoms with van der Waals surface area (Å²) >= 11 is 0. The van der Waals surface area contributed by atoms with Gasteiger partial charge in [-0.1, -0.05) is 12.1 Å². The summed E-state index contributed by atoms with van der Waals surface area (Å²) in [5.41, 5.74) is 0.223. The second kappa shape index (κ2) is 4.60. The highest BCUT2D eigenvalue weighted by Crippen LogP contribution is 2.33. The molecule has 0 spiro atoms. The predicted molar refractivity (Wildman–Crippen MR) is 69.9 cm³/mol. The summed E-state index contributed by atoms with van der Waals surface area (Å²) in [6.45, 7) is 1.40. The quantitative estimate of drug-likeness (QED) is 0.863. The molecule has 2 aliphatic heterocycles. The van der Waals surface area contributed by atoms with Crippen LogP contribution in [0.25, 0.3) is 0 Å². The third kappa shape index (κ3) is 1.94. The molecular formula is C13H15N3O2S. The second-order valence-corrected chi connectivity index (χ2v) is 6.80. The van der Waals surface area contributed by atoms with Gasteiger partial charge in [-0.05, 0) is 25.0 Å². The highest BCUT2D eigenvalue weighted by atomic mass is 32.2. The molecule has 100 valence electrons. The Morgan fingerprint density at radius 1 is 1.21 bits per heavy atom. The molecule has 2 atom stereocenters. The Kier molecular flexibility index (Phi) is 3.05. The molecule has 1 aromatic carbocycles. The van der Waals surface area contributed by atoms with Crippen LogP contribution in [0.15, 0.2) is 29.2 Å². The van der Waals surface area contributed by atoms with Gasteiger partial charge >= 0.3 is 0 Å². The first-order valence-corrected chi connectivity index (χ1v) is 7.82. The average Bonchev–Trinajstić information content (AvgIpc) is 2.70. The molecule has 2 unspecified atom stereocenters. The van der Waals surface area contributed by atoms with Gasteiger partial charge in [0.25, 0.3) is 0 Å². The fourth-order valence-electron chi connectivity index (χ4n) is 3.03. The summed E-state index contributed by atoms with van der Waals surface area (Å²) in [4.78, 5) is 0.135. The van der Waals surface area contributed by atoms with Gasteiger partial charge in [-0.2, -0.15) is 9.57 Å². The summed E-state index contributed by atoms with van der Waals surface area (Å²) in [6, 6.07) is 8.44. The zero-order chi connectivity index (χ0) is 13.5. The Hall–Kier alpha value is -1.42. The average molecular weight is 277 g/mol. The van der Waals surface area contributed by atoms with E-state index in [2.05, 4.69) is 5.32 Å². The molecule has 1 N–H and O–H groups in total. The molecule has 3 rings (SSSR count). The first-order valence-electron chi connectivity index (χ1n) is 6.38. The number of hydrogen-bond acceptors (Lipinski definition) is 4. The van der Waals surface area contributed by atoms with E-state index in [9.17, 15) is 8.42 Å². The van der Waals surface area contributed by atoms with E-state index in [0.717, 1.165) is 12.8 Å². The number of benzene rings is 1. The number of piperazine rings is 1. The van der Waals surface area contributed by atoms with Crippen molar-refractivity contribution in [3.63, 3.8) is 0 Å². The van der Waals surface area contributed by atoms with Gasteiger partial charge in [-0.15, -0.1) is 0 Å². The van der Waals surface area contributed by atoms with E-state index in [0.29, 0.717) is 13.1 Å². The van der Waals surface area contributed by atoms with Gasteiger partial charge in [-0.3, -0.25) is 0 Å². The largest absolute Gasteiger partial charge is 0.314 e. The minimum atomic E-state index is -3.57. The summed E-state index contributed by atoms with van der Waals surface area (Å²) in [5.74, 6) is 0. The van der Waals surface area contributed by atoms with Crippen LogP contribution in [-0.4, -0.2) is 37.9 Å². The minimum absolute atomic E-state index is 0.0236. The number of hydrogen-bond donors (Lipinski definition) is 1. The van der Waals surface area contributed by atoms with Gasteiger partial charge < -0.3 is 5.32 Å². The molecule has 2 bridgehead atoms. The van der Waals surface area contributed by atoms with Crippen molar-refractivity contribution in [3.05, 3.63) is 29.8 Å². The Bertz CT molecular complexity index is 620. The van der Waals surface area contributed by atoms with Gasteiger partial charge in [0.05, 0.1) is 10.5 Å². The van der Waals surface area contributed by atoms with Crippen LogP contribution in [0.5, 0.6) is 0 Å². The van der Waals surface area contributed by atoms with E-state index < -0.39 is 10.0 Å². The highest BCUT2D eigenvalue weighted by molar-refractivity contribution is 7.89. The second-order valence-electron chi connectivity index (χ2n) is 4.99. The third-order valence-electron chi connectivity index (χ3n) is 3.88. The van der Waals surface area contributed by atoms with Crippen LogP contribution in [0, 0.1) is 11.3 Å². The maximum absolute atomic E-state index is 12.8. The first kappa shape index (κ1) is 12.6. The smallest absolute Gasteiger partial charge is 0.244 e. The molecule has 0 saturated carbocycles. The maximum atomic E-state index is 12.8. The van der Waals surface area contributed by atoms with E-state index in [-0.39, 0.29) is 22.5 Å². The van der Waals surface area contributed by atoms with Crippen LogP contribution in [0.2, 0.25) is 0 Å². The van der Waals surface area contributed by atoms with E-state index in [4.69, 9.17) is 5.26 Å². The Balaban J connectivity index is 2.06. The molecule has 19 heavy (non-hydrogen) atoms. The van der Waals surface area contributed by atoms with Crippen LogP contribution < -0.4 is 5.32 Å². The SMILES string of the molecule is N#Cc1ccccc1S(=O)(=O)N1C2CCC1CNC2. The van der Waals surface area contributed by atoms with Crippen molar-refractivity contribution in [2.45, 2.75) is 29.8 Å². The Labute approximate surface area is 112 Å². The molecule has 2 heterocycles. The number of nitrogens with one attached hydrogen (secondary N) is 1. The van der Waals surface area contributed by atoms with Crippen LogP contribution in [0.1, 0.15) is 18.4 Å². The summed E-state index contributed by atoms with van der Waals surface area (Å²) in [6.07, 6.45) is 1.79. The summed E-state index contributed by atoms with van der Waals surface area (Å²) < 4.78 is 27.2. The molecule has 1 aromatic rings. The minimum Gasteiger partial charge on any atom is -0.314 e. The van der Waals surface area contributed by atoms with Crippen molar-refractivity contribution in [1.29, 1.82) is 5.26 Å². The fraction of sp³-hybridized carbons (Fsp3) is 0.462. The van der Waals surface area contributed by atoms with Crippen LogP contribution in [0.3, 0.4) is 0 Å². The molecule has 0 aliphatic carbocycles. The number of nitriles is 1. The molecule has 2 aliphatic rings.